The summed E-state index contributed by atoms with van der Waals surface area (Å²) < 4.78 is 5.02. The van der Waals surface area contributed by atoms with Crippen molar-refractivity contribution in [3.63, 3.8) is 0 Å². The molecule has 0 radical (unpaired) electrons. The second-order valence-electron chi connectivity index (χ2n) is 5.79. The predicted molar refractivity (Wildman–Crippen MR) is 81.0 cm³/mol. The number of likely N-dealkylation sites (tertiary alicyclic amines) is 1. The third-order valence-electron chi connectivity index (χ3n) is 3.88. The highest BCUT2D eigenvalue weighted by molar-refractivity contribution is 5.86. The normalized spacial score (nSPS) is 22.4. The number of ether oxygens (including phenoxy) is 1. The first-order valence-electron chi connectivity index (χ1n) is 7.49. The molecule has 0 aromatic carbocycles. The van der Waals surface area contributed by atoms with Crippen LogP contribution in [-0.4, -0.2) is 76.8 Å². The van der Waals surface area contributed by atoms with E-state index >= 15 is 0 Å². The van der Waals surface area contributed by atoms with E-state index in [4.69, 9.17) is 4.74 Å². The van der Waals surface area contributed by atoms with Crippen LogP contribution in [0.15, 0.2) is 18.6 Å². The van der Waals surface area contributed by atoms with Crippen molar-refractivity contribution in [1.82, 2.24) is 19.8 Å². The second kappa shape index (κ2) is 7.62. The third-order valence-corrected chi connectivity index (χ3v) is 3.88. The molecule has 2 heterocycles. The summed E-state index contributed by atoms with van der Waals surface area (Å²) >= 11 is 0. The van der Waals surface area contributed by atoms with Gasteiger partial charge in [-0.1, -0.05) is 0 Å². The van der Waals surface area contributed by atoms with Gasteiger partial charge in [0.2, 0.25) is 0 Å². The van der Waals surface area contributed by atoms with Gasteiger partial charge in [0.1, 0.15) is 6.33 Å². The van der Waals surface area contributed by atoms with E-state index in [2.05, 4.69) is 9.97 Å². The lowest BCUT2D eigenvalue weighted by molar-refractivity contribution is -0.160. The minimum Gasteiger partial charge on any atom is -0.383 e. The fraction of sp³-hybridized carbons (Fsp3) is 0.667. The Morgan fingerprint density at radius 3 is 3.05 bits per heavy atom. The molecule has 122 valence electrons. The molecule has 7 nitrogen and oxygen atoms in total. The Labute approximate surface area is 130 Å². The van der Waals surface area contributed by atoms with Crippen molar-refractivity contribution in [2.24, 2.45) is 0 Å². The SMILES string of the molecule is COCCN1CCCC(O)(CN(C)Cc2ccncn2)C1=O. The van der Waals surface area contributed by atoms with Gasteiger partial charge in [0.05, 0.1) is 12.3 Å². The average molecular weight is 308 g/mol. The number of carbonyl (C=O) groups excluding carboxylic acids is 1. The van der Waals surface area contributed by atoms with Gasteiger partial charge in [-0.25, -0.2) is 9.97 Å². The fourth-order valence-corrected chi connectivity index (χ4v) is 2.82. The Bertz CT molecular complexity index is 485. The van der Waals surface area contributed by atoms with Crippen LogP contribution in [0, 0.1) is 0 Å². The first kappa shape index (κ1) is 16.8. The van der Waals surface area contributed by atoms with Gasteiger partial charge in [0, 0.05) is 39.5 Å². The molecule has 2 rings (SSSR count). The smallest absolute Gasteiger partial charge is 0.255 e. The van der Waals surface area contributed by atoms with E-state index in [9.17, 15) is 9.90 Å². The van der Waals surface area contributed by atoms with Gasteiger partial charge in [-0.2, -0.15) is 0 Å². The first-order valence-corrected chi connectivity index (χ1v) is 7.49. The van der Waals surface area contributed by atoms with Crippen LogP contribution in [0.25, 0.3) is 0 Å². The van der Waals surface area contributed by atoms with Gasteiger partial charge in [0.15, 0.2) is 5.60 Å². The number of hydrogen-bond acceptors (Lipinski definition) is 6. The summed E-state index contributed by atoms with van der Waals surface area (Å²) in [6.45, 7) is 2.54. The molecule has 1 aliphatic heterocycles. The van der Waals surface area contributed by atoms with Gasteiger partial charge in [0.25, 0.3) is 5.91 Å². The molecule has 1 atom stereocenters. The fourth-order valence-electron chi connectivity index (χ4n) is 2.82. The van der Waals surface area contributed by atoms with Gasteiger partial charge in [-0.3, -0.25) is 9.69 Å². The molecule has 0 saturated carbocycles. The molecule has 7 heteroatoms. The van der Waals surface area contributed by atoms with E-state index in [-0.39, 0.29) is 5.91 Å². The summed E-state index contributed by atoms with van der Waals surface area (Å²) in [4.78, 5) is 24.2. The predicted octanol–water partition coefficient (Wildman–Crippen LogP) is -0.0917. The molecule has 1 unspecified atom stereocenters. The van der Waals surface area contributed by atoms with Crippen molar-refractivity contribution in [3.8, 4) is 0 Å². The van der Waals surface area contributed by atoms with E-state index < -0.39 is 5.60 Å². The highest BCUT2D eigenvalue weighted by Crippen LogP contribution is 2.24. The molecule has 1 saturated heterocycles. The van der Waals surface area contributed by atoms with Crippen LogP contribution in [0.3, 0.4) is 0 Å². The summed E-state index contributed by atoms with van der Waals surface area (Å²) in [6.07, 6.45) is 4.47. The highest BCUT2D eigenvalue weighted by Gasteiger charge is 2.42. The van der Waals surface area contributed by atoms with Crippen molar-refractivity contribution in [3.05, 3.63) is 24.3 Å². The maximum absolute atomic E-state index is 12.5. The summed E-state index contributed by atoms with van der Waals surface area (Å²) in [5.41, 5.74) is -0.464. The molecule has 0 spiro atoms. The monoisotopic (exact) mass is 308 g/mol. The number of aromatic nitrogens is 2. The van der Waals surface area contributed by atoms with Crippen LogP contribution in [-0.2, 0) is 16.1 Å². The minimum atomic E-state index is -1.33. The standard InChI is InChI=1S/C15H24N4O3/c1-18(10-13-4-6-16-12-17-13)11-15(21)5-3-7-19(14(15)20)8-9-22-2/h4,6,12,21H,3,5,7-11H2,1-2H3. The molecule has 1 amide bonds. The number of rotatable bonds is 7. The lowest BCUT2D eigenvalue weighted by atomic mass is 9.91. The van der Waals surface area contributed by atoms with Crippen LogP contribution < -0.4 is 0 Å². The van der Waals surface area contributed by atoms with Crippen LogP contribution in [0.5, 0.6) is 0 Å². The molecule has 1 N–H and O–H groups in total. The van der Waals surface area contributed by atoms with Gasteiger partial charge in [-0.15, -0.1) is 0 Å². The Morgan fingerprint density at radius 2 is 2.36 bits per heavy atom. The first-order chi connectivity index (χ1) is 10.5. The number of piperidine rings is 1. The quantitative estimate of drug-likeness (QED) is 0.758. The molecule has 1 fully saturated rings. The van der Waals surface area contributed by atoms with Gasteiger partial charge >= 0.3 is 0 Å². The largest absolute Gasteiger partial charge is 0.383 e. The summed E-state index contributed by atoms with van der Waals surface area (Å²) in [6, 6.07) is 1.83. The second-order valence-corrected chi connectivity index (χ2v) is 5.79. The zero-order valence-corrected chi connectivity index (χ0v) is 13.2. The molecule has 1 aromatic heterocycles. The molecule has 0 aliphatic carbocycles. The van der Waals surface area contributed by atoms with Crippen molar-refractivity contribution in [2.45, 2.75) is 25.0 Å². The van der Waals surface area contributed by atoms with Crippen molar-refractivity contribution in [2.75, 3.05) is 40.4 Å². The Kier molecular flexibility index (Phi) is 5.82. The number of aliphatic hydroxyl groups is 1. The van der Waals surface area contributed by atoms with E-state index in [1.165, 1.54) is 6.33 Å². The van der Waals surface area contributed by atoms with Crippen LogP contribution in [0.2, 0.25) is 0 Å². The number of carbonyl (C=O) groups is 1. The number of nitrogens with zero attached hydrogens (tertiary/aromatic N) is 4. The Hall–Kier alpha value is -1.57. The molecule has 1 aromatic rings. The van der Waals surface area contributed by atoms with E-state index in [1.807, 2.05) is 18.0 Å². The van der Waals surface area contributed by atoms with Crippen molar-refractivity contribution in [1.29, 1.82) is 0 Å². The van der Waals surface area contributed by atoms with E-state index in [0.29, 0.717) is 39.2 Å². The van der Waals surface area contributed by atoms with E-state index in [0.717, 1.165) is 12.1 Å². The summed E-state index contributed by atoms with van der Waals surface area (Å²) in [5, 5.41) is 10.8. The van der Waals surface area contributed by atoms with Crippen LogP contribution in [0.1, 0.15) is 18.5 Å². The van der Waals surface area contributed by atoms with Gasteiger partial charge < -0.3 is 14.7 Å². The molecule has 22 heavy (non-hydrogen) atoms. The van der Waals surface area contributed by atoms with Crippen LogP contribution >= 0.6 is 0 Å². The minimum absolute atomic E-state index is 0.203. The Balaban J connectivity index is 1.95. The number of methoxy groups -OCH3 is 1. The van der Waals surface area contributed by atoms with E-state index in [1.54, 1.807) is 18.2 Å². The van der Waals surface area contributed by atoms with Gasteiger partial charge in [-0.05, 0) is 26.0 Å². The highest BCUT2D eigenvalue weighted by atomic mass is 16.5. The Morgan fingerprint density at radius 1 is 1.55 bits per heavy atom. The number of amides is 1. The lowest BCUT2D eigenvalue weighted by Gasteiger charge is -2.40. The summed E-state index contributed by atoms with van der Waals surface area (Å²) in [7, 11) is 3.48. The molecular formula is C15H24N4O3. The molecule has 1 aliphatic rings. The average Bonchev–Trinajstić information content (AvgIpc) is 2.50. The van der Waals surface area contributed by atoms with Crippen molar-refractivity contribution >= 4 is 5.91 Å². The maximum Gasteiger partial charge on any atom is 0.255 e. The zero-order valence-electron chi connectivity index (χ0n) is 13.2. The zero-order chi connectivity index (χ0) is 16.0. The van der Waals surface area contributed by atoms with Crippen molar-refractivity contribution < 1.29 is 14.6 Å². The number of likely N-dealkylation sites (N-methyl/N-ethyl adjacent to an activating group) is 1. The topological polar surface area (TPSA) is 78.8 Å². The molecular weight excluding hydrogens is 284 g/mol. The third kappa shape index (κ3) is 4.22. The lowest BCUT2D eigenvalue weighted by Crippen LogP contribution is -2.58. The summed E-state index contributed by atoms with van der Waals surface area (Å²) in [5.74, 6) is -0.203. The number of hydrogen-bond donors (Lipinski definition) is 1. The molecule has 0 bridgehead atoms. The maximum atomic E-state index is 12.5. The van der Waals surface area contributed by atoms with Crippen LogP contribution in [0.4, 0.5) is 0 Å².